The lowest BCUT2D eigenvalue weighted by molar-refractivity contribution is 0.414. The van der Waals surface area contributed by atoms with E-state index in [1.165, 1.54) is 0 Å². The summed E-state index contributed by atoms with van der Waals surface area (Å²) < 4.78 is 5.13. The number of nitrogens with zero attached hydrogens (tertiary/aromatic N) is 3. The number of aromatic nitrogens is 4. The zero-order valence-corrected chi connectivity index (χ0v) is 10.9. The van der Waals surface area contributed by atoms with E-state index in [4.69, 9.17) is 16.2 Å². The summed E-state index contributed by atoms with van der Waals surface area (Å²) in [5, 5.41) is 7.77. The van der Waals surface area contributed by atoms with Crippen molar-refractivity contribution in [1.82, 2.24) is 20.2 Å². The van der Waals surface area contributed by atoms with E-state index in [9.17, 15) is 0 Å². The molecule has 0 aliphatic rings. The van der Waals surface area contributed by atoms with E-state index in [1.807, 2.05) is 24.3 Å². The van der Waals surface area contributed by atoms with E-state index >= 15 is 0 Å². The molecule has 0 unspecified atom stereocenters. The Morgan fingerprint density at radius 2 is 1.90 bits per heavy atom. The fraction of sp³-hybridized carbons (Fsp3) is 0.154. The molecular weight excluding hydrogens is 256 g/mol. The Hall–Kier alpha value is -2.83. The lowest BCUT2D eigenvalue weighted by Gasteiger charge is -2.03. The maximum Gasteiger partial charge on any atom is 0.224 e. The number of benzene rings is 1. The molecule has 0 radical (unpaired) electrons. The largest absolute Gasteiger partial charge is 0.497 e. The highest BCUT2D eigenvalue weighted by Gasteiger charge is 2.12. The molecule has 102 valence electrons. The van der Waals surface area contributed by atoms with Crippen LogP contribution in [0.4, 0.5) is 11.8 Å². The van der Waals surface area contributed by atoms with Gasteiger partial charge in [0.15, 0.2) is 5.65 Å². The van der Waals surface area contributed by atoms with Crippen molar-refractivity contribution in [2.45, 2.75) is 6.42 Å². The molecule has 7 nitrogen and oxygen atoms in total. The number of anilines is 2. The number of fused-ring (bicyclic) bond motifs is 1. The average Bonchev–Trinajstić information content (AvgIpc) is 2.82. The van der Waals surface area contributed by atoms with Gasteiger partial charge in [0.25, 0.3) is 0 Å². The number of rotatable bonds is 3. The Labute approximate surface area is 115 Å². The molecule has 1 aromatic carbocycles. The Morgan fingerprint density at radius 3 is 2.60 bits per heavy atom. The van der Waals surface area contributed by atoms with Crippen molar-refractivity contribution in [3.8, 4) is 5.75 Å². The van der Waals surface area contributed by atoms with Gasteiger partial charge in [0.1, 0.15) is 11.6 Å². The first-order valence-electron chi connectivity index (χ1n) is 6.06. The van der Waals surface area contributed by atoms with Crippen LogP contribution in [0.25, 0.3) is 11.0 Å². The van der Waals surface area contributed by atoms with E-state index in [0.29, 0.717) is 17.9 Å². The molecule has 2 heterocycles. The number of hydrogen-bond donors (Lipinski definition) is 3. The summed E-state index contributed by atoms with van der Waals surface area (Å²) in [5.74, 6) is 1.28. The minimum atomic E-state index is 0.123. The molecule has 2 aromatic heterocycles. The number of H-pyrrole nitrogens is 1. The molecule has 0 saturated heterocycles. The number of hydrogen-bond acceptors (Lipinski definition) is 6. The van der Waals surface area contributed by atoms with Gasteiger partial charge >= 0.3 is 0 Å². The molecule has 0 bridgehead atoms. The highest BCUT2D eigenvalue weighted by Crippen LogP contribution is 2.23. The third-order valence-corrected chi connectivity index (χ3v) is 3.07. The van der Waals surface area contributed by atoms with Gasteiger partial charge in [-0.1, -0.05) is 12.1 Å². The van der Waals surface area contributed by atoms with E-state index < -0.39 is 0 Å². The summed E-state index contributed by atoms with van der Waals surface area (Å²) in [6.45, 7) is 0. The minimum absolute atomic E-state index is 0.123. The molecule has 0 aliphatic carbocycles. The van der Waals surface area contributed by atoms with Crippen molar-refractivity contribution in [2.24, 2.45) is 0 Å². The predicted molar refractivity (Wildman–Crippen MR) is 76.3 cm³/mol. The van der Waals surface area contributed by atoms with Gasteiger partial charge in [0, 0.05) is 6.42 Å². The third kappa shape index (κ3) is 2.09. The van der Waals surface area contributed by atoms with E-state index in [0.717, 1.165) is 22.4 Å². The van der Waals surface area contributed by atoms with Crippen molar-refractivity contribution in [2.75, 3.05) is 18.6 Å². The summed E-state index contributed by atoms with van der Waals surface area (Å²) >= 11 is 0. The van der Waals surface area contributed by atoms with Gasteiger partial charge < -0.3 is 16.2 Å². The molecule has 3 rings (SSSR count). The predicted octanol–water partition coefficient (Wildman–Crippen LogP) is 1.12. The summed E-state index contributed by atoms with van der Waals surface area (Å²) in [6.07, 6.45) is 0.651. The molecule has 0 atom stereocenters. The van der Waals surface area contributed by atoms with Gasteiger partial charge in [-0.15, -0.1) is 0 Å². The van der Waals surface area contributed by atoms with Crippen molar-refractivity contribution in [1.29, 1.82) is 0 Å². The van der Waals surface area contributed by atoms with E-state index in [-0.39, 0.29) is 5.95 Å². The number of ether oxygens (including phenoxy) is 1. The van der Waals surface area contributed by atoms with Crippen molar-refractivity contribution in [3.63, 3.8) is 0 Å². The maximum absolute atomic E-state index is 5.89. The first-order valence-corrected chi connectivity index (χ1v) is 6.06. The minimum Gasteiger partial charge on any atom is -0.497 e. The van der Waals surface area contributed by atoms with Gasteiger partial charge in [-0.2, -0.15) is 15.1 Å². The lowest BCUT2D eigenvalue weighted by atomic mass is 10.1. The number of nitrogens with one attached hydrogen (secondary N) is 1. The van der Waals surface area contributed by atoms with Crippen LogP contribution in [0, 0.1) is 0 Å². The van der Waals surface area contributed by atoms with Crippen molar-refractivity contribution in [3.05, 3.63) is 35.5 Å². The quantitative estimate of drug-likeness (QED) is 0.656. The fourth-order valence-corrected chi connectivity index (χ4v) is 2.11. The number of nitrogens with two attached hydrogens (primary N) is 2. The first-order chi connectivity index (χ1) is 9.67. The van der Waals surface area contributed by atoms with Crippen LogP contribution >= 0.6 is 0 Å². The Bertz CT molecular complexity index is 749. The molecule has 0 amide bonds. The Kier molecular flexibility index (Phi) is 2.86. The number of aromatic amines is 1. The zero-order chi connectivity index (χ0) is 14.1. The van der Waals surface area contributed by atoms with E-state index in [1.54, 1.807) is 7.11 Å². The number of nitrogen functional groups attached to an aromatic ring is 2. The summed E-state index contributed by atoms with van der Waals surface area (Å²) in [7, 11) is 1.64. The maximum atomic E-state index is 5.89. The first kappa shape index (κ1) is 12.2. The molecule has 5 N–H and O–H groups in total. The lowest BCUT2D eigenvalue weighted by Crippen LogP contribution is -2.00. The van der Waals surface area contributed by atoms with Crippen molar-refractivity contribution >= 4 is 22.8 Å². The molecule has 7 heteroatoms. The Morgan fingerprint density at radius 1 is 1.15 bits per heavy atom. The highest BCUT2D eigenvalue weighted by atomic mass is 16.5. The second-order valence-electron chi connectivity index (χ2n) is 4.39. The zero-order valence-electron chi connectivity index (χ0n) is 10.9. The highest BCUT2D eigenvalue weighted by molar-refractivity contribution is 5.88. The molecule has 0 spiro atoms. The SMILES string of the molecule is COc1ccc(Cc2[nH]nc3nc(N)nc(N)c23)cc1. The Balaban J connectivity index is 1.98. The normalized spacial score (nSPS) is 10.8. The van der Waals surface area contributed by atoms with Gasteiger partial charge in [0.05, 0.1) is 18.2 Å². The van der Waals surface area contributed by atoms with Gasteiger partial charge in [-0.05, 0) is 17.7 Å². The molecule has 0 saturated carbocycles. The topological polar surface area (TPSA) is 116 Å². The van der Waals surface area contributed by atoms with Crippen LogP contribution in [-0.2, 0) is 6.42 Å². The molecule has 20 heavy (non-hydrogen) atoms. The second kappa shape index (κ2) is 4.69. The van der Waals surface area contributed by atoms with Crippen LogP contribution < -0.4 is 16.2 Å². The monoisotopic (exact) mass is 270 g/mol. The van der Waals surface area contributed by atoms with Crippen LogP contribution in [0.1, 0.15) is 11.3 Å². The summed E-state index contributed by atoms with van der Waals surface area (Å²) in [5.41, 5.74) is 13.9. The van der Waals surface area contributed by atoms with Crippen LogP contribution in [0.3, 0.4) is 0 Å². The molecule has 0 aliphatic heterocycles. The number of methoxy groups -OCH3 is 1. The van der Waals surface area contributed by atoms with Gasteiger partial charge in [-0.25, -0.2) is 0 Å². The summed E-state index contributed by atoms with van der Waals surface area (Å²) in [6, 6.07) is 7.79. The second-order valence-corrected chi connectivity index (χ2v) is 4.39. The van der Waals surface area contributed by atoms with Crippen molar-refractivity contribution < 1.29 is 4.74 Å². The standard InChI is InChI=1S/C13H14N6O/c1-20-8-4-2-7(3-5-8)6-9-10-11(14)16-13(15)17-12(10)19-18-9/h2-5H,6H2,1H3,(H5,14,15,16,17,18,19). The van der Waals surface area contributed by atoms with Crippen LogP contribution in [0.2, 0.25) is 0 Å². The molecule has 3 aromatic rings. The molecule has 0 fully saturated rings. The van der Waals surface area contributed by atoms with Crippen LogP contribution in [-0.4, -0.2) is 27.3 Å². The average molecular weight is 270 g/mol. The third-order valence-electron chi connectivity index (χ3n) is 3.07. The van der Waals surface area contributed by atoms with Crippen LogP contribution in [0.15, 0.2) is 24.3 Å². The van der Waals surface area contributed by atoms with Crippen LogP contribution in [0.5, 0.6) is 5.75 Å². The summed E-state index contributed by atoms with van der Waals surface area (Å²) in [4.78, 5) is 8.02. The fourth-order valence-electron chi connectivity index (χ4n) is 2.11. The van der Waals surface area contributed by atoms with Gasteiger partial charge in [0.2, 0.25) is 5.95 Å². The van der Waals surface area contributed by atoms with Gasteiger partial charge in [-0.3, -0.25) is 5.10 Å². The van der Waals surface area contributed by atoms with E-state index in [2.05, 4.69) is 20.2 Å². The molecular formula is C13H14N6O. The smallest absolute Gasteiger partial charge is 0.224 e.